The van der Waals surface area contributed by atoms with Crippen LogP contribution in [-0.2, 0) is 22.4 Å². The Hall–Kier alpha value is -3.75. The highest BCUT2D eigenvalue weighted by Crippen LogP contribution is 2.47. The molecule has 0 aromatic carbocycles. The predicted molar refractivity (Wildman–Crippen MR) is 193 cm³/mol. The molecule has 3 aromatic heterocycles. The molecule has 8 bridgehead atoms. The number of hydrogen-bond donors (Lipinski definition) is 4. The number of nitrogens with one attached hydrogen (secondary N) is 2. The van der Waals surface area contributed by atoms with Crippen LogP contribution in [0.25, 0.3) is 33.2 Å². The van der Waals surface area contributed by atoms with Gasteiger partial charge in [0.1, 0.15) is 0 Å². The molecule has 0 amide bonds. The number of carboxylic acids is 1. The lowest BCUT2D eigenvalue weighted by Crippen LogP contribution is -2.12. The maximum atomic E-state index is 11.5. The minimum Gasteiger partial charge on any atom is -0.481 e. The second-order valence-electron chi connectivity index (χ2n) is 14.1. The summed E-state index contributed by atoms with van der Waals surface area (Å²) in [4.78, 5) is 29.5. The van der Waals surface area contributed by atoms with Gasteiger partial charge in [-0.25, -0.2) is 4.98 Å². The highest BCUT2D eigenvalue weighted by molar-refractivity contribution is 5.94. The number of nitrogens with zero attached hydrogens (tertiary/aromatic N) is 2. The summed E-state index contributed by atoms with van der Waals surface area (Å²) in [6.07, 6.45) is 6.66. The first kappa shape index (κ1) is 34.1. The van der Waals surface area contributed by atoms with Crippen LogP contribution >= 0.6 is 0 Å². The highest BCUT2D eigenvalue weighted by atomic mass is 16.5. The number of aliphatic carboxylic acids is 1. The molecule has 0 fully saturated rings. The van der Waals surface area contributed by atoms with Crippen molar-refractivity contribution < 1.29 is 19.7 Å². The number of aryl methyl sites for hydroxylation is 3. The zero-order valence-corrected chi connectivity index (χ0v) is 29.7. The summed E-state index contributed by atoms with van der Waals surface area (Å²) in [5, 5.41) is 20.8. The van der Waals surface area contributed by atoms with E-state index >= 15 is 0 Å². The molecule has 8 nitrogen and oxygen atoms in total. The van der Waals surface area contributed by atoms with Crippen molar-refractivity contribution >= 4 is 39.2 Å². The van der Waals surface area contributed by atoms with Gasteiger partial charge in [0.05, 0.1) is 23.6 Å². The molecule has 5 heterocycles. The average molecular weight is 653 g/mol. The third-order valence-electron chi connectivity index (χ3n) is 11.0. The van der Waals surface area contributed by atoms with Crippen molar-refractivity contribution in [2.75, 3.05) is 6.61 Å². The molecule has 3 aliphatic rings. The lowest BCUT2D eigenvalue weighted by molar-refractivity contribution is -0.137. The molecule has 0 saturated heterocycles. The zero-order chi connectivity index (χ0) is 34.3. The van der Waals surface area contributed by atoms with Crippen molar-refractivity contribution in [3.63, 3.8) is 0 Å². The summed E-state index contributed by atoms with van der Waals surface area (Å²) in [6, 6.07) is 6.49. The number of allylic oxidation sites excluding steroid dienone is 1. The maximum absolute atomic E-state index is 11.5. The summed E-state index contributed by atoms with van der Waals surface area (Å²) in [6.45, 7) is 15.9. The van der Waals surface area contributed by atoms with Crippen LogP contribution in [0.15, 0.2) is 18.2 Å². The van der Waals surface area contributed by atoms with Crippen molar-refractivity contribution in [1.82, 2.24) is 19.9 Å². The monoisotopic (exact) mass is 652 g/mol. The Morgan fingerprint density at radius 1 is 0.979 bits per heavy atom. The van der Waals surface area contributed by atoms with Gasteiger partial charge in [-0.15, -0.1) is 0 Å². The Labute approximate surface area is 284 Å². The van der Waals surface area contributed by atoms with E-state index in [0.717, 1.165) is 92.1 Å². The van der Waals surface area contributed by atoms with Crippen LogP contribution in [0.1, 0.15) is 148 Å². The molecule has 8 heteroatoms. The molecule has 0 spiro atoms. The number of fused-ring (bicyclic) bond motifs is 8. The predicted octanol–water partition coefficient (Wildman–Crippen LogP) is 9.14. The normalized spacial score (nSPS) is 19.4. The molecule has 2 aliphatic heterocycles. The molecule has 4 N–H and O–H groups in total. The zero-order valence-electron chi connectivity index (χ0n) is 29.7. The van der Waals surface area contributed by atoms with Gasteiger partial charge < -0.3 is 24.9 Å². The number of rotatable bonds is 12. The summed E-state index contributed by atoms with van der Waals surface area (Å²) >= 11 is 0. The Kier molecular flexibility index (Phi) is 9.96. The first-order chi connectivity index (χ1) is 23.0. The van der Waals surface area contributed by atoms with E-state index in [-0.39, 0.29) is 24.4 Å². The summed E-state index contributed by atoms with van der Waals surface area (Å²) in [5.74, 6) is -0.670. The second-order valence-corrected chi connectivity index (χ2v) is 14.1. The molecule has 48 heavy (non-hydrogen) atoms. The summed E-state index contributed by atoms with van der Waals surface area (Å²) in [5.41, 5.74) is 15.4. The lowest BCUT2D eigenvalue weighted by atomic mass is 9.85. The van der Waals surface area contributed by atoms with E-state index in [1.165, 1.54) is 30.4 Å². The van der Waals surface area contributed by atoms with Crippen LogP contribution in [0, 0.1) is 13.8 Å². The van der Waals surface area contributed by atoms with Crippen molar-refractivity contribution in [2.24, 2.45) is 0 Å². The van der Waals surface area contributed by atoms with Gasteiger partial charge in [-0.1, -0.05) is 40.0 Å². The first-order valence-electron chi connectivity index (χ1n) is 18.0. The van der Waals surface area contributed by atoms with Gasteiger partial charge in [-0.2, -0.15) is 0 Å². The number of aliphatic hydroxyl groups is 1. The van der Waals surface area contributed by atoms with E-state index in [0.29, 0.717) is 19.3 Å². The van der Waals surface area contributed by atoms with Crippen molar-refractivity contribution in [3.8, 4) is 0 Å². The fourth-order valence-electron chi connectivity index (χ4n) is 8.20. The van der Waals surface area contributed by atoms with E-state index in [1.807, 2.05) is 0 Å². The molecule has 1 aliphatic carbocycles. The number of ether oxygens (including phenoxy) is 1. The third-order valence-corrected chi connectivity index (χ3v) is 11.0. The van der Waals surface area contributed by atoms with Crippen molar-refractivity contribution in [2.45, 2.75) is 130 Å². The summed E-state index contributed by atoms with van der Waals surface area (Å²) < 4.78 is 6.45. The van der Waals surface area contributed by atoms with E-state index in [1.54, 1.807) is 0 Å². The van der Waals surface area contributed by atoms with Gasteiger partial charge in [-0.05, 0) is 93.8 Å². The minimum absolute atomic E-state index is 0.0431. The number of carbonyl (C=O) groups is 1. The number of hydrogen-bond acceptors (Lipinski definition) is 5. The van der Waals surface area contributed by atoms with Gasteiger partial charge in [0.25, 0.3) is 0 Å². The van der Waals surface area contributed by atoms with Gasteiger partial charge in [-0.3, -0.25) is 9.78 Å². The maximum Gasteiger partial charge on any atom is 0.303 e. The lowest BCUT2D eigenvalue weighted by Gasteiger charge is -2.17. The number of aromatic amines is 2. The quantitative estimate of drug-likeness (QED) is 0.145. The standard InChI is InChI=1S/C40H52N4O4/c1-8-10-11-12-16-48-25(7)37-23(5)31-18-30-22(4)27(14-13-15-36(46)47)39(43-30)28-17-35(45)38-24(6)32(44-40(28)38)19-33-26(9-2)21(3)29(41-33)20-34(37)42-31/h18-20,22,25,27,35,41,44-45H,8-17H2,1-7H3,(H,46,47)/t22-,25?,27-,35?/m0/s1. The van der Waals surface area contributed by atoms with Crippen molar-refractivity contribution in [1.29, 1.82) is 0 Å². The van der Waals surface area contributed by atoms with Crippen LogP contribution in [-0.4, -0.2) is 48.8 Å². The van der Waals surface area contributed by atoms with Crippen LogP contribution in [0.3, 0.4) is 0 Å². The molecular formula is C40H52N4O4. The Morgan fingerprint density at radius 2 is 1.75 bits per heavy atom. The molecule has 0 radical (unpaired) electrons. The van der Waals surface area contributed by atoms with Gasteiger partial charge in [0.2, 0.25) is 0 Å². The highest BCUT2D eigenvalue weighted by Gasteiger charge is 2.36. The number of carboxylic acid groups (broad SMARTS) is 1. The number of unbranched alkanes of at least 4 members (excludes halogenated alkanes) is 3. The molecule has 6 rings (SSSR count). The minimum atomic E-state index is -0.782. The fourth-order valence-corrected chi connectivity index (χ4v) is 8.20. The molecule has 2 unspecified atom stereocenters. The Bertz CT molecular complexity index is 1920. The third kappa shape index (κ3) is 6.25. The van der Waals surface area contributed by atoms with Crippen LogP contribution in [0.4, 0.5) is 0 Å². The smallest absolute Gasteiger partial charge is 0.303 e. The van der Waals surface area contributed by atoms with E-state index < -0.39 is 12.1 Å². The van der Waals surface area contributed by atoms with Gasteiger partial charge >= 0.3 is 5.97 Å². The first-order valence-corrected chi connectivity index (χ1v) is 18.0. The Morgan fingerprint density at radius 3 is 2.48 bits per heavy atom. The molecule has 256 valence electrons. The largest absolute Gasteiger partial charge is 0.481 e. The fraction of sp³-hybridized carbons (Fsp3) is 0.525. The number of aromatic nitrogens is 4. The summed E-state index contributed by atoms with van der Waals surface area (Å²) in [7, 11) is 0. The van der Waals surface area contributed by atoms with E-state index in [4.69, 9.17) is 14.7 Å². The Balaban J connectivity index is 1.61. The van der Waals surface area contributed by atoms with Crippen molar-refractivity contribution in [3.05, 3.63) is 68.8 Å². The molecule has 0 saturated carbocycles. The second kappa shape index (κ2) is 14.0. The topological polar surface area (TPSA) is 124 Å². The van der Waals surface area contributed by atoms with Crippen LogP contribution in [0.5, 0.6) is 0 Å². The van der Waals surface area contributed by atoms with E-state index in [2.05, 4.69) is 76.6 Å². The van der Waals surface area contributed by atoms with E-state index in [9.17, 15) is 15.0 Å². The van der Waals surface area contributed by atoms with Crippen LogP contribution in [0.2, 0.25) is 0 Å². The number of aliphatic hydroxyl groups excluding tert-OH is 1. The molecule has 4 atom stereocenters. The molecular weight excluding hydrogens is 600 g/mol. The number of H-pyrrole nitrogens is 2. The molecule has 3 aromatic rings. The van der Waals surface area contributed by atoms with Crippen LogP contribution < -0.4 is 0 Å². The van der Waals surface area contributed by atoms with Gasteiger partial charge in [0.15, 0.2) is 0 Å². The average Bonchev–Trinajstić information content (AvgIpc) is 3.79. The SMILES string of the molecule is CCCCCCOC(C)C1=C(C)c2cc3nc(c4c5[nH]c(cc6[nH]c(cc1n2)c(C)c6CC)c(C)c5C(O)C4)[C@@H](CCCC(=O)O)[C@@H]3C. The van der Waals surface area contributed by atoms with Gasteiger partial charge in [0, 0.05) is 81.4 Å².